The number of methoxy groups -OCH3 is 1. The Morgan fingerprint density at radius 2 is 2.16 bits per heavy atom. The molecule has 1 aliphatic heterocycles. The molecule has 0 bridgehead atoms. The number of carbonyl (C=O) groups is 1. The molecule has 1 fully saturated rings. The van der Waals surface area contributed by atoms with Crippen molar-refractivity contribution in [2.75, 3.05) is 20.2 Å². The number of carbonyl (C=O) groups excluding carboxylic acids is 1. The molecule has 1 saturated heterocycles. The Labute approximate surface area is 114 Å². The van der Waals surface area contributed by atoms with Gasteiger partial charge in [0.05, 0.1) is 13.7 Å². The minimum atomic E-state index is -0.0551. The van der Waals surface area contributed by atoms with E-state index in [-0.39, 0.29) is 12.1 Å². The standard InChI is InChI=1S/C15H22N2O2/c1-3-4-7-10-17-11-14(18)16-15(17)12-8-5-6-9-13(12)19-2/h5-6,8-9,15H,3-4,7,10-11H2,1-2H3,(H,16,18)/t15-/m1/s1. The number of nitrogens with one attached hydrogen (secondary N) is 1. The summed E-state index contributed by atoms with van der Waals surface area (Å²) in [5.41, 5.74) is 1.03. The monoisotopic (exact) mass is 262 g/mol. The number of ether oxygens (including phenoxy) is 1. The zero-order chi connectivity index (χ0) is 13.7. The minimum absolute atomic E-state index is 0.0551. The van der Waals surface area contributed by atoms with Gasteiger partial charge < -0.3 is 10.1 Å². The fraction of sp³-hybridized carbons (Fsp3) is 0.533. The number of nitrogens with zero attached hydrogens (tertiary/aromatic N) is 1. The molecule has 0 aromatic heterocycles. The lowest BCUT2D eigenvalue weighted by atomic mass is 10.1. The lowest BCUT2D eigenvalue weighted by molar-refractivity contribution is -0.118. The average Bonchev–Trinajstić information content (AvgIpc) is 2.80. The number of hydrogen-bond acceptors (Lipinski definition) is 3. The predicted molar refractivity (Wildman–Crippen MR) is 75.0 cm³/mol. The van der Waals surface area contributed by atoms with Crippen LogP contribution in [-0.4, -0.2) is 31.0 Å². The summed E-state index contributed by atoms with van der Waals surface area (Å²) in [5.74, 6) is 0.919. The van der Waals surface area contributed by atoms with Gasteiger partial charge >= 0.3 is 0 Å². The first-order chi connectivity index (χ1) is 9.26. The van der Waals surface area contributed by atoms with Gasteiger partial charge in [0.15, 0.2) is 0 Å². The van der Waals surface area contributed by atoms with Gasteiger partial charge in [-0.15, -0.1) is 0 Å². The first-order valence-corrected chi connectivity index (χ1v) is 6.92. The minimum Gasteiger partial charge on any atom is -0.496 e. The molecule has 1 heterocycles. The lowest BCUT2D eigenvalue weighted by Gasteiger charge is -2.24. The smallest absolute Gasteiger partial charge is 0.235 e. The van der Waals surface area contributed by atoms with Crippen molar-refractivity contribution >= 4 is 5.91 Å². The molecule has 19 heavy (non-hydrogen) atoms. The van der Waals surface area contributed by atoms with Crippen molar-refractivity contribution in [1.82, 2.24) is 10.2 Å². The van der Waals surface area contributed by atoms with Crippen LogP contribution in [0.2, 0.25) is 0 Å². The van der Waals surface area contributed by atoms with Gasteiger partial charge in [0.25, 0.3) is 0 Å². The van der Waals surface area contributed by atoms with E-state index in [4.69, 9.17) is 4.74 Å². The van der Waals surface area contributed by atoms with Crippen LogP contribution in [0.4, 0.5) is 0 Å². The van der Waals surface area contributed by atoms with E-state index in [1.807, 2.05) is 24.3 Å². The topological polar surface area (TPSA) is 41.6 Å². The highest BCUT2D eigenvalue weighted by Gasteiger charge is 2.31. The molecule has 1 atom stereocenters. The number of hydrogen-bond donors (Lipinski definition) is 1. The van der Waals surface area contributed by atoms with Gasteiger partial charge in [-0.3, -0.25) is 9.69 Å². The third-order valence-corrected chi connectivity index (χ3v) is 3.49. The summed E-state index contributed by atoms with van der Waals surface area (Å²) in [6.07, 6.45) is 3.45. The van der Waals surface area contributed by atoms with Gasteiger partial charge in [0.1, 0.15) is 11.9 Å². The summed E-state index contributed by atoms with van der Waals surface area (Å²) >= 11 is 0. The molecule has 104 valence electrons. The first kappa shape index (κ1) is 13.9. The van der Waals surface area contributed by atoms with Crippen LogP contribution >= 0.6 is 0 Å². The first-order valence-electron chi connectivity index (χ1n) is 6.92. The van der Waals surface area contributed by atoms with Crippen molar-refractivity contribution in [3.63, 3.8) is 0 Å². The van der Waals surface area contributed by atoms with E-state index in [9.17, 15) is 4.79 Å². The van der Waals surface area contributed by atoms with Gasteiger partial charge in [-0.1, -0.05) is 38.0 Å². The SMILES string of the molecule is CCCCCN1CC(=O)N[C@H]1c1ccccc1OC. The second-order valence-electron chi connectivity index (χ2n) is 4.89. The van der Waals surface area contributed by atoms with Crippen molar-refractivity contribution in [2.24, 2.45) is 0 Å². The Morgan fingerprint density at radius 3 is 2.89 bits per heavy atom. The molecule has 4 heteroatoms. The molecule has 0 spiro atoms. The van der Waals surface area contributed by atoms with E-state index >= 15 is 0 Å². The van der Waals surface area contributed by atoms with Crippen molar-refractivity contribution in [1.29, 1.82) is 0 Å². The average molecular weight is 262 g/mol. The van der Waals surface area contributed by atoms with Crippen molar-refractivity contribution in [3.05, 3.63) is 29.8 Å². The third kappa shape index (κ3) is 3.26. The van der Waals surface area contributed by atoms with Crippen molar-refractivity contribution in [2.45, 2.75) is 32.4 Å². The largest absolute Gasteiger partial charge is 0.496 e. The molecule has 4 nitrogen and oxygen atoms in total. The quantitative estimate of drug-likeness (QED) is 0.800. The van der Waals surface area contributed by atoms with E-state index in [1.165, 1.54) is 12.8 Å². The lowest BCUT2D eigenvalue weighted by Crippen LogP contribution is -2.29. The maximum atomic E-state index is 11.7. The van der Waals surface area contributed by atoms with Gasteiger partial charge in [-0.25, -0.2) is 0 Å². The molecule has 1 amide bonds. The van der Waals surface area contributed by atoms with Crippen LogP contribution in [0.25, 0.3) is 0 Å². The Kier molecular flexibility index (Phi) is 4.80. The summed E-state index contributed by atoms with van der Waals surface area (Å²) in [7, 11) is 1.66. The van der Waals surface area contributed by atoms with E-state index in [0.29, 0.717) is 6.54 Å². The zero-order valence-electron chi connectivity index (χ0n) is 11.7. The van der Waals surface area contributed by atoms with Crippen LogP contribution in [0.5, 0.6) is 5.75 Å². The highest BCUT2D eigenvalue weighted by Crippen LogP contribution is 2.29. The van der Waals surface area contributed by atoms with Gasteiger partial charge in [0.2, 0.25) is 5.91 Å². The molecule has 0 radical (unpaired) electrons. The van der Waals surface area contributed by atoms with E-state index < -0.39 is 0 Å². The van der Waals surface area contributed by atoms with Crippen LogP contribution in [0, 0.1) is 0 Å². The highest BCUT2D eigenvalue weighted by atomic mass is 16.5. The molecule has 2 rings (SSSR count). The number of benzene rings is 1. The fourth-order valence-corrected chi connectivity index (χ4v) is 2.50. The molecule has 0 saturated carbocycles. The van der Waals surface area contributed by atoms with E-state index in [1.54, 1.807) is 7.11 Å². The molecule has 1 aromatic carbocycles. The van der Waals surface area contributed by atoms with Gasteiger partial charge in [-0.2, -0.15) is 0 Å². The molecular formula is C15H22N2O2. The molecule has 1 aromatic rings. The summed E-state index contributed by atoms with van der Waals surface area (Å²) in [4.78, 5) is 13.9. The maximum Gasteiger partial charge on any atom is 0.235 e. The highest BCUT2D eigenvalue weighted by molar-refractivity contribution is 5.80. The summed E-state index contributed by atoms with van der Waals surface area (Å²) < 4.78 is 5.39. The van der Waals surface area contributed by atoms with Gasteiger partial charge in [-0.05, 0) is 12.5 Å². The van der Waals surface area contributed by atoms with Crippen molar-refractivity contribution in [3.8, 4) is 5.75 Å². The van der Waals surface area contributed by atoms with Crippen LogP contribution in [-0.2, 0) is 4.79 Å². The Balaban J connectivity index is 2.13. The third-order valence-electron chi connectivity index (χ3n) is 3.49. The number of unbranched alkanes of at least 4 members (excludes halogenated alkanes) is 2. The fourth-order valence-electron chi connectivity index (χ4n) is 2.50. The molecular weight excluding hydrogens is 240 g/mol. The Hall–Kier alpha value is -1.55. The Bertz CT molecular complexity index is 434. The van der Waals surface area contributed by atoms with E-state index in [2.05, 4.69) is 17.1 Å². The second kappa shape index (κ2) is 6.57. The summed E-state index contributed by atoms with van der Waals surface area (Å²) in [5, 5.41) is 3.03. The van der Waals surface area contributed by atoms with E-state index in [0.717, 1.165) is 24.3 Å². The molecule has 1 N–H and O–H groups in total. The van der Waals surface area contributed by atoms with Crippen LogP contribution in [0.1, 0.15) is 37.9 Å². The number of para-hydroxylation sites is 1. The Morgan fingerprint density at radius 1 is 1.37 bits per heavy atom. The molecule has 1 aliphatic rings. The normalized spacial score (nSPS) is 19.5. The zero-order valence-corrected chi connectivity index (χ0v) is 11.7. The summed E-state index contributed by atoms with van der Waals surface area (Å²) in [6, 6.07) is 7.87. The number of amides is 1. The van der Waals surface area contributed by atoms with Crippen LogP contribution in [0.15, 0.2) is 24.3 Å². The summed E-state index contributed by atoms with van der Waals surface area (Å²) in [6.45, 7) is 3.60. The predicted octanol–water partition coefficient (Wildman–Crippen LogP) is 2.32. The molecule has 0 unspecified atom stereocenters. The maximum absolute atomic E-state index is 11.7. The molecule has 0 aliphatic carbocycles. The van der Waals surface area contributed by atoms with Crippen LogP contribution < -0.4 is 10.1 Å². The van der Waals surface area contributed by atoms with Gasteiger partial charge in [0, 0.05) is 12.1 Å². The van der Waals surface area contributed by atoms with Crippen LogP contribution in [0.3, 0.4) is 0 Å². The number of rotatable bonds is 6. The second-order valence-corrected chi connectivity index (χ2v) is 4.89. The van der Waals surface area contributed by atoms with Crippen molar-refractivity contribution < 1.29 is 9.53 Å².